The van der Waals surface area contributed by atoms with Crippen molar-refractivity contribution in [2.24, 2.45) is 5.73 Å². The molecule has 3 heterocycles. The molecule has 1 aromatic carbocycles. The Hall–Kier alpha value is -4.27. The molecule has 1 saturated heterocycles. The molecule has 11 nitrogen and oxygen atoms in total. The van der Waals surface area contributed by atoms with E-state index in [9.17, 15) is 22.8 Å². The summed E-state index contributed by atoms with van der Waals surface area (Å²) in [6, 6.07) is 5.58. The van der Waals surface area contributed by atoms with Crippen LogP contribution in [0.5, 0.6) is 0 Å². The Kier molecular flexibility index (Phi) is 7.48. The molecule has 3 aromatic rings. The first kappa shape index (κ1) is 26.8. The number of benzene rings is 1. The van der Waals surface area contributed by atoms with Crippen molar-refractivity contribution in [2.75, 3.05) is 11.9 Å². The van der Waals surface area contributed by atoms with Gasteiger partial charge in [0.1, 0.15) is 10.7 Å². The number of aromatic nitrogens is 3. The summed E-state index contributed by atoms with van der Waals surface area (Å²) in [4.78, 5) is 35.8. The summed E-state index contributed by atoms with van der Waals surface area (Å²) < 4.78 is 43.8. The average molecular weight is 549 g/mol. The lowest BCUT2D eigenvalue weighted by Gasteiger charge is -2.31. The fourth-order valence-corrected chi connectivity index (χ4v) is 5.13. The van der Waals surface area contributed by atoms with Gasteiger partial charge in [0, 0.05) is 31.0 Å². The van der Waals surface area contributed by atoms with Gasteiger partial charge in [0.25, 0.3) is 6.02 Å². The SMILES string of the molecule is Cc1cc(Nc2nccc(C(F)(F)F)n2)cc(-c2cnc(C3(NC(=N)OC(N)=O)CCNC(=O)CC3)s2)c1. The van der Waals surface area contributed by atoms with Gasteiger partial charge in [-0.1, -0.05) is 6.07 Å². The third kappa shape index (κ3) is 6.34. The van der Waals surface area contributed by atoms with Gasteiger partial charge in [-0.3, -0.25) is 10.2 Å². The summed E-state index contributed by atoms with van der Waals surface area (Å²) in [5.41, 5.74) is 5.02. The molecule has 1 atom stereocenters. The van der Waals surface area contributed by atoms with Crippen molar-refractivity contribution in [3.8, 4) is 10.4 Å². The molecule has 2 amide bonds. The minimum atomic E-state index is -4.60. The van der Waals surface area contributed by atoms with Crippen LogP contribution in [0, 0.1) is 12.3 Å². The molecule has 200 valence electrons. The first-order chi connectivity index (χ1) is 17.9. The Morgan fingerprint density at radius 1 is 1.26 bits per heavy atom. The second-order valence-corrected chi connectivity index (χ2v) is 9.59. The van der Waals surface area contributed by atoms with Gasteiger partial charge in [-0.15, -0.1) is 11.3 Å². The van der Waals surface area contributed by atoms with Crippen LogP contribution in [0.15, 0.2) is 36.7 Å². The molecule has 15 heteroatoms. The van der Waals surface area contributed by atoms with Crippen molar-refractivity contribution in [3.63, 3.8) is 0 Å². The van der Waals surface area contributed by atoms with Crippen LogP contribution in [-0.2, 0) is 21.2 Å². The zero-order valence-corrected chi connectivity index (χ0v) is 20.8. The van der Waals surface area contributed by atoms with Crippen molar-refractivity contribution >= 4 is 41.0 Å². The molecular formula is C23H23F3N8O3S. The zero-order chi connectivity index (χ0) is 27.5. The molecule has 0 spiro atoms. The molecule has 1 aliphatic rings. The maximum atomic E-state index is 13.0. The van der Waals surface area contributed by atoms with Gasteiger partial charge in [0.05, 0.1) is 10.4 Å². The number of hydrogen-bond donors (Lipinski definition) is 5. The van der Waals surface area contributed by atoms with Crippen LogP contribution in [0.25, 0.3) is 10.4 Å². The highest BCUT2D eigenvalue weighted by Gasteiger charge is 2.39. The molecule has 4 rings (SSSR count). The van der Waals surface area contributed by atoms with E-state index in [-0.39, 0.29) is 24.7 Å². The number of amidine groups is 1. The molecule has 1 aliphatic heterocycles. The number of nitrogens with one attached hydrogen (secondary N) is 4. The van der Waals surface area contributed by atoms with Crippen molar-refractivity contribution in [1.29, 1.82) is 5.41 Å². The molecule has 0 aliphatic carbocycles. The molecule has 1 unspecified atom stereocenters. The number of ether oxygens (including phenoxy) is 1. The Morgan fingerprint density at radius 3 is 2.79 bits per heavy atom. The maximum Gasteiger partial charge on any atom is 0.433 e. The predicted molar refractivity (Wildman–Crippen MR) is 133 cm³/mol. The van der Waals surface area contributed by atoms with Gasteiger partial charge < -0.3 is 26.4 Å². The van der Waals surface area contributed by atoms with E-state index in [2.05, 4.69) is 35.6 Å². The van der Waals surface area contributed by atoms with E-state index in [0.29, 0.717) is 23.7 Å². The number of carbonyl (C=O) groups excluding carboxylic acids is 2. The average Bonchev–Trinajstić information content (AvgIpc) is 3.25. The number of alkyl halides is 3. The molecule has 0 radical (unpaired) electrons. The minimum Gasteiger partial charge on any atom is -0.376 e. The zero-order valence-electron chi connectivity index (χ0n) is 20.0. The largest absolute Gasteiger partial charge is 0.433 e. The van der Waals surface area contributed by atoms with Gasteiger partial charge in [0.2, 0.25) is 11.9 Å². The summed E-state index contributed by atoms with van der Waals surface area (Å²) in [6.45, 7) is 2.14. The predicted octanol–water partition coefficient (Wildman–Crippen LogP) is 3.79. The summed E-state index contributed by atoms with van der Waals surface area (Å²) in [5, 5.41) is 17.0. The molecular weight excluding hydrogens is 525 g/mol. The minimum absolute atomic E-state index is 0.154. The fourth-order valence-electron chi connectivity index (χ4n) is 4.02. The summed E-state index contributed by atoms with van der Waals surface area (Å²) in [6.07, 6.45) is -2.29. The smallest absolute Gasteiger partial charge is 0.376 e. The van der Waals surface area contributed by atoms with Gasteiger partial charge >= 0.3 is 12.3 Å². The van der Waals surface area contributed by atoms with Crippen LogP contribution < -0.4 is 21.7 Å². The molecule has 6 N–H and O–H groups in total. The Balaban J connectivity index is 1.64. The Morgan fingerprint density at radius 2 is 2.05 bits per heavy atom. The highest BCUT2D eigenvalue weighted by molar-refractivity contribution is 7.15. The van der Waals surface area contributed by atoms with Gasteiger partial charge in [0.15, 0.2) is 0 Å². The van der Waals surface area contributed by atoms with E-state index < -0.39 is 29.5 Å². The lowest BCUT2D eigenvalue weighted by molar-refractivity contribution is -0.141. The van der Waals surface area contributed by atoms with Crippen LogP contribution in [0.2, 0.25) is 0 Å². The van der Waals surface area contributed by atoms with Gasteiger partial charge in [-0.2, -0.15) is 13.2 Å². The lowest BCUT2D eigenvalue weighted by Crippen LogP contribution is -2.47. The van der Waals surface area contributed by atoms with Crippen molar-refractivity contribution in [1.82, 2.24) is 25.6 Å². The van der Waals surface area contributed by atoms with Crippen LogP contribution in [0.3, 0.4) is 0 Å². The number of carbonyl (C=O) groups is 2. The maximum absolute atomic E-state index is 13.0. The van der Waals surface area contributed by atoms with E-state index in [4.69, 9.17) is 11.1 Å². The Labute approximate surface area is 218 Å². The van der Waals surface area contributed by atoms with Crippen LogP contribution >= 0.6 is 11.3 Å². The number of primary amides is 1. The number of amides is 2. The van der Waals surface area contributed by atoms with Crippen molar-refractivity contribution < 1.29 is 27.5 Å². The molecule has 0 bridgehead atoms. The highest BCUT2D eigenvalue weighted by atomic mass is 32.1. The number of nitrogens with zero attached hydrogens (tertiary/aromatic N) is 3. The first-order valence-corrected chi connectivity index (χ1v) is 12.1. The number of hydrogen-bond acceptors (Lipinski definition) is 9. The normalized spacial score (nSPS) is 17.7. The van der Waals surface area contributed by atoms with E-state index in [1.165, 1.54) is 11.3 Å². The number of halogens is 3. The van der Waals surface area contributed by atoms with E-state index in [1.807, 2.05) is 13.0 Å². The summed E-state index contributed by atoms with van der Waals surface area (Å²) in [5.74, 6) is -0.355. The number of aryl methyl sites for hydroxylation is 1. The Bertz CT molecular complexity index is 1380. The highest BCUT2D eigenvalue weighted by Crippen LogP contribution is 2.39. The van der Waals surface area contributed by atoms with Crippen LogP contribution in [-0.4, -0.2) is 39.5 Å². The second-order valence-electron chi connectivity index (χ2n) is 8.56. The lowest BCUT2D eigenvalue weighted by atomic mass is 9.91. The third-order valence-electron chi connectivity index (χ3n) is 5.69. The first-order valence-electron chi connectivity index (χ1n) is 11.3. The standard InChI is InChI=1S/C23H23F3N8O3S/c1-12-8-13(10-14(9-12)32-21-30-6-3-16(33-21)23(24,25)26)15-11-31-18(38-15)22(34-19(27)37-20(28)36)4-2-17(35)29-7-5-22/h3,6,8-11H,2,4-5,7H2,1H3,(H2,27,34)(H2,28,36)(H,29,35)(H,30,32,33). The molecule has 2 aromatic heterocycles. The number of rotatable bonds is 5. The van der Waals surface area contributed by atoms with Crippen molar-refractivity contribution in [2.45, 2.75) is 37.9 Å². The third-order valence-corrected chi connectivity index (χ3v) is 6.94. The van der Waals surface area contributed by atoms with Gasteiger partial charge in [-0.25, -0.2) is 19.7 Å². The monoisotopic (exact) mass is 548 g/mol. The van der Waals surface area contributed by atoms with E-state index >= 15 is 0 Å². The number of thiazole rings is 1. The number of nitrogens with two attached hydrogens (primary N) is 1. The summed E-state index contributed by atoms with van der Waals surface area (Å²) in [7, 11) is 0. The second kappa shape index (κ2) is 10.6. The van der Waals surface area contributed by atoms with E-state index in [0.717, 1.165) is 28.3 Å². The van der Waals surface area contributed by atoms with Crippen LogP contribution in [0.4, 0.5) is 29.6 Å². The molecule has 1 fully saturated rings. The fraction of sp³-hybridized carbons (Fsp3) is 0.304. The van der Waals surface area contributed by atoms with E-state index in [1.54, 1.807) is 18.3 Å². The topological polar surface area (TPSA) is 168 Å². The quantitative estimate of drug-likeness (QED) is 0.237. The molecule has 38 heavy (non-hydrogen) atoms. The summed E-state index contributed by atoms with van der Waals surface area (Å²) >= 11 is 1.30. The number of anilines is 2. The van der Waals surface area contributed by atoms with Crippen molar-refractivity contribution in [3.05, 3.63) is 52.9 Å². The van der Waals surface area contributed by atoms with Crippen LogP contribution in [0.1, 0.15) is 35.5 Å². The van der Waals surface area contributed by atoms with Gasteiger partial charge in [-0.05, 0) is 49.1 Å². The molecule has 0 saturated carbocycles.